The fraction of sp³-hybridized carbons (Fsp3) is 0.333. The Labute approximate surface area is 88.6 Å². The lowest BCUT2D eigenvalue weighted by atomic mass is 10.1. The van der Waals surface area contributed by atoms with E-state index in [1.807, 2.05) is 11.0 Å². The third kappa shape index (κ3) is 2.18. The van der Waals surface area contributed by atoms with Gasteiger partial charge in [0.05, 0.1) is 12.3 Å². The highest BCUT2D eigenvalue weighted by Crippen LogP contribution is 2.22. The van der Waals surface area contributed by atoms with Crippen molar-refractivity contribution in [2.24, 2.45) is 0 Å². The van der Waals surface area contributed by atoms with Crippen LogP contribution in [0.5, 0.6) is 0 Å². The van der Waals surface area contributed by atoms with Gasteiger partial charge >= 0.3 is 0 Å². The van der Waals surface area contributed by atoms with E-state index in [9.17, 15) is 4.39 Å². The van der Waals surface area contributed by atoms with Crippen molar-refractivity contribution in [3.8, 4) is 0 Å². The van der Waals surface area contributed by atoms with Crippen LogP contribution in [0.25, 0.3) is 0 Å². The van der Waals surface area contributed by atoms with Crippen LogP contribution in [0.2, 0.25) is 0 Å². The third-order valence-electron chi connectivity index (χ3n) is 2.59. The van der Waals surface area contributed by atoms with Gasteiger partial charge in [-0.1, -0.05) is 18.2 Å². The number of anilines is 1. The summed E-state index contributed by atoms with van der Waals surface area (Å²) in [6, 6.07) is 4.89. The molecule has 15 heavy (non-hydrogen) atoms. The van der Waals surface area contributed by atoms with E-state index < -0.39 is 0 Å². The lowest BCUT2D eigenvalue weighted by Gasteiger charge is -2.26. The van der Waals surface area contributed by atoms with Gasteiger partial charge in [0.2, 0.25) is 0 Å². The van der Waals surface area contributed by atoms with Gasteiger partial charge in [0.15, 0.2) is 0 Å². The molecule has 1 N–H and O–H groups in total. The van der Waals surface area contributed by atoms with Gasteiger partial charge in [-0.25, -0.2) is 4.39 Å². The summed E-state index contributed by atoms with van der Waals surface area (Å²) < 4.78 is 13.6. The molecule has 0 fully saturated rings. The molecule has 80 valence electrons. The van der Waals surface area contributed by atoms with E-state index in [2.05, 4.69) is 6.08 Å². The molecule has 3 heteroatoms. The van der Waals surface area contributed by atoms with Gasteiger partial charge in [-0.15, -0.1) is 0 Å². The number of aliphatic hydroxyl groups excluding tert-OH is 1. The first-order chi connectivity index (χ1) is 7.31. The summed E-state index contributed by atoms with van der Waals surface area (Å²) in [5.74, 6) is -0.253. The standard InChI is InChI=1S/C12H14FNO/c13-11-8-10(9-15)4-5-12(11)14-6-2-1-3-7-14/h1-2,4-5,8,15H,3,6-7,9H2. The summed E-state index contributed by atoms with van der Waals surface area (Å²) in [5.41, 5.74) is 1.24. The largest absolute Gasteiger partial charge is 0.392 e. The minimum Gasteiger partial charge on any atom is -0.392 e. The molecule has 0 saturated heterocycles. The summed E-state index contributed by atoms with van der Waals surface area (Å²) in [5, 5.41) is 8.87. The van der Waals surface area contributed by atoms with Crippen molar-refractivity contribution in [2.75, 3.05) is 18.0 Å². The lowest BCUT2D eigenvalue weighted by Crippen LogP contribution is -2.27. The van der Waals surface area contributed by atoms with E-state index in [0.29, 0.717) is 11.3 Å². The molecule has 0 amide bonds. The van der Waals surface area contributed by atoms with Crippen LogP contribution in [-0.4, -0.2) is 18.2 Å². The maximum Gasteiger partial charge on any atom is 0.146 e. The molecular formula is C12H14FNO. The number of benzene rings is 1. The second-order valence-electron chi connectivity index (χ2n) is 3.65. The summed E-state index contributed by atoms with van der Waals surface area (Å²) in [6.07, 6.45) is 5.11. The van der Waals surface area contributed by atoms with E-state index in [1.54, 1.807) is 12.1 Å². The number of halogens is 1. The van der Waals surface area contributed by atoms with Crippen LogP contribution in [0.3, 0.4) is 0 Å². The smallest absolute Gasteiger partial charge is 0.146 e. The Bertz CT molecular complexity index is 376. The van der Waals surface area contributed by atoms with Crippen molar-refractivity contribution >= 4 is 5.69 Å². The Morgan fingerprint density at radius 3 is 2.80 bits per heavy atom. The highest BCUT2D eigenvalue weighted by molar-refractivity contribution is 5.50. The van der Waals surface area contributed by atoms with Gasteiger partial charge in [-0.05, 0) is 24.1 Å². The molecule has 1 heterocycles. The second kappa shape index (κ2) is 4.45. The molecule has 0 spiro atoms. The van der Waals surface area contributed by atoms with Gasteiger partial charge in [0.25, 0.3) is 0 Å². The Hall–Kier alpha value is -1.35. The molecule has 1 aliphatic heterocycles. The number of hydrogen-bond donors (Lipinski definition) is 1. The Morgan fingerprint density at radius 2 is 2.20 bits per heavy atom. The number of hydrogen-bond acceptors (Lipinski definition) is 2. The second-order valence-corrected chi connectivity index (χ2v) is 3.65. The summed E-state index contributed by atoms with van der Waals surface area (Å²) in [7, 11) is 0. The van der Waals surface area contributed by atoms with Crippen molar-refractivity contribution in [2.45, 2.75) is 13.0 Å². The number of nitrogens with zero attached hydrogens (tertiary/aromatic N) is 1. The number of rotatable bonds is 2. The molecule has 1 aromatic carbocycles. The van der Waals surface area contributed by atoms with Gasteiger partial charge in [-0.3, -0.25) is 0 Å². The lowest BCUT2D eigenvalue weighted by molar-refractivity contribution is 0.281. The normalized spacial score (nSPS) is 15.7. The predicted molar refractivity (Wildman–Crippen MR) is 58.3 cm³/mol. The first-order valence-corrected chi connectivity index (χ1v) is 5.10. The Kier molecular flexibility index (Phi) is 3.02. The average molecular weight is 207 g/mol. The minimum absolute atomic E-state index is 0.114. The first kappa shape index (κ1) is 10.2. The van der Waals surface area contributed by atoms with E-state index in [-0.39, 0.29) is 12.4 Å². The van der Waals surface area contributed by atoms with Crippen molar-refractivity contribution in [3.63, 3.8) is 0 Å². The van der Waals surface area contributed by atoms with Crippen LogP contribution in [0.1, 0.15) is 12.0 Å². The van der Waals surface area contributed by atoms with Gasteiger partial charge in [-0.2, -0.15) is 0 Å². The van der Waals surface area contributed by atoms with E-state index in [4.69, 9.17) is 5.11 Å². The molecule has 0 atom stereocenters. The summed E-state index contributed by atoms with van der Waals surface area (Å²) >= 11 is 0. The fourth-order valence-corrected chi connectivity index (χ4v) is 1.77. The highest BCUT2D eigenvalue weighted by Gasteiger charge is 2.12. The molecule has 0 bridgehead atoms. The van der Waals surface area contributed by atoms with Crippen molar-refractivity contribution in [1.82, 2.24) is 0 Å². The molecule has 1 aliphatic rings. The van der Waals surface area contributed by atoms with Gasteiger partial charge < -0.3 is 10.0 Å². The van der Waals surface area contributed by atoms with Crippen molar-refractivity contribution < 1.29 is 9.50 Å². The van der Waals surface area contributed by atoms with Crippen LogP contribution in [-0.2, 0) is 6.61 Å². The van der Waals surface area contributed by atoms with Crippen molar-refractivity contribution in [1.29, 1.82) is 0 Å². The molecule has 0 aliphatic carbocycles. The van der Waals surface area contributed by atoms with Crippen LogP contribution >= 0.6 is 0 Å². The fourth-order valence-electron chi connectivity index (χ4n) is 1.77. The van der Waals surface area contributed by atoms with Crippen LogP contribution < -0.4 is 4.90 Å². The van der Waals surface area contributed by atoms with Gasteiger partial charge in [0.1, 0.15) is 5.82 Å². The maximum absolute atomic E-state index is 13.6. The minimum atomic E-state index is -0.253. The zero-order chi connectivity index (χ0) is 10.7. The van der Waals surface area contributed by atoms with Crippen LogP contribution in [0.15, 0.2) is 30.4 Å². The quantitative estimate of drug-likeness (QED) is 0.750. The summed E-state index contributed by atoms with van der Waals surface area (Å²) in [4.78, 5) is 2.00. The molecule has 1 aromatic rings. The summed E-state index contributed by atoms with van der Waals surface area (Å²) in [6.45, 7) is 1.50. The molecule has 0 radical (unpaired) electrons. The Balaban J connectivity index is 2.24. The molecular weight excluding hydrogens is 193 g/mol. The van der Waals surface area contributed by atoms with E-state index in [1.165, 1.54) is 6.07 Å². The van der Waals surface area contributed by atoms with E-state index >= 15 is 0 Å². The average Bonchev–Trinajstić information content (AvgIpc) is 2.30. The van der Waals surface area contributed by atoms with Crippen LogP contribution in [0.4, 0.5) is 10.1 Å². The zero-order valence-corrected chi connectivity index (χ0v) is 8.49. The first-order valence-electron chi connectivity index (χ1n) is 5.10. The molecule has 0 unspecified atom stereocenters. The monoisotopic (exact) mass is 207 g/mol. The predicted octanol–water partition coefficient (Wildman–Crippen LogP) is 2.08. The maximum atomic E-state index is 13.6. The van der Waals surface area contributed by atoms with Crippen LogP contribution in [0, 0.1) is 5.82 Å². The zero-order valence-electron chi connectivity index (χ0n) is 8.49. The molecule has 0 saturated carbocycles. The SMILES string of the molecule is OCc1ccc(N2CC=CCC2)c(F)c1. The van der Waals surface area contributed by atoms with E-state index in [0.717, 1.165) is 19.5 Å². The molecule has 2 rings (SSSR count). The van der Waals surface area contributed by atoms with Crippen molar-refractivity contribution in [3.05, 3.63) is 41.7 Å². The molecule has 0 aromatic heterocycles. The number of aliphatic hydroxyl groups is 1. The Morgan fingerprint density at radius 1 is 1.33 bits per heavy atom. The third-order valence-corrected chi connectivity index (χ3v) is 2.59. The van der Waals surface area contributed by atoms with Gasteiger partial charge in [0, 0.05) is 13.1 Å². The topological polar surface area (TPSA) is 23.5 Å². The highest BCUT2D eigenvalue weighted by atomic mass is 19.1. The molecule has 2 nitrogen and oxygen atoms in total.